The van der Waals surface area contributed by atoms with Crippen molar-refractivity contribution in [2.45, 2.75) is 50.1 Å². The zero-order valence-corrected chi connectivity index (χ0v) is 15.6. The van der Waals surface area contributed by atoms with Crippen LogP contribution in [0.1, 0.15) is 33.1 Å². The molecule has 0 bridgehead atoms. The Morgan fingerprint density at radius 3 is 2.35 bits per heavy atom. The summed E-state index contributed by atoms with van der Waals surface area (Å²) >= 11 is 0. The van der Waals surface area contributed by atoms with Crippen molar-refractivity contribution in [2.75, 3.05) is 13.2 Å². The predicted molar refractivity (Wildman–Crippen MR) is 92.2 cm³/mol. The van der Waals surface area contributed by atoms with Crippen molar-refractivity contribution >= 4 is 21.9 Å². The molecule has 1 fully saturated rings. The number of ether oxygens (including phenoxy) is 1. The van der Waals surface area contributed by atoms with Crippen molar-refractivity contribution in [3.05, 3.63) is 30.1 Å². The number of hydrogen-bond donors (Lipinski definition) is 1. The van der Waals surface area contributed by atoms with Gasteiger partial charge in [0.2, 0.25) is 10.0 Å². The molecule has 1 aromatic rings. The quantitative estimate of drug-likeness (QED) is 0.747. The third-order valence-electron chi connectivity index (χ3n) is 4.37. The van der Waals surface area contributed by atoms with Gasteiger partial charge >= 0.3 is 5.97 Å². The number of rotatable bonds is 6. The van der Waals surface area contributed by atoms with E-state index >= 15 is 0 Å². The van der Waals surface area contributed by atoms with Gasteiger partial charge in [0.05, 0.1) is 4.90 Å². The molecule has 0 unspecified atom stereocenters. The number of nitrogens with one attached hydrogen (secondary N) is 1. The second kappa shape index (κ2) is 8.59. The van der Waals surface area contributed by atoms with Crippen LogP contribution in [0.3, 0.4) is 0 Å². The monoisotopic (exact) mass is 386 g/mol. The molecule has 0 radical (unpaired) electrons. The van der Waals surface area contributed by atoms with Gasteiger partial charge in [0, 0.05) is 12.1 Å². The summed E-state index contributed by atoms with van der Waals surface area (Å²) in [4.78, 5) is 25.5. The van der Waals surface area contributed by atoms with Gasteiger partial charge in [-0.3, -0.25) is 9.59 Å². The third kappa shape index (κ3) is 5.25. The molecule has 26 heavy (non-hydrogen) atoms. The van der Waals surface area contributed by atoms with Crippen molar-refractivity contribution in [3.8, 4) is 0 Å². The Morgan fingerprint density at radius 1 is 1.19 bits per heavy atom. The minimum absolute atomic E-state index is 0.0851. The summed E-state index contributed by atoms with van der Waals surface area (Å²) in [5.74, 6) is -1.72. The van der Waals surface area contributed by atoms with Crippen molar-refractivity contribution in [3.63, 3.8) is 0 Å². The second-order valence-electron chi connectivity index (χ2n) is 6.37. The maximum Gasteiger partial charge on any atom is 0.321 e. The lowest BCUT2D eigenvalue weighted by Gasteiger charge is -2.38. The number of likely N-dealkylation sites (tertiary alicyclic amines) is 1. The topological polar surface area (TPSA) is 92.8 Å². The lowest BCUT2D eigenvalue weighted by molar-refractivity contribution is -0.154. The summed E-state index contributed by atoms with van der Waals surface area (Å²) in [5.41, 5.74) is 0. The fourth-order valence-electron chi connectivity index (χ4n) is 3.03. The Labute approximate surface area is 152 Å². The molecule has 2 rings (SSSR count). The number of benzene rings is 1. The van der Waals surface area contributed by atoms with Crippen LogP contribution in [0.25, 0.3) is 0 Å². The highest BCUT2D eigenvalue weighted by atomic mass is 32.2. The number of halogens is 1. The van der Waals surface area contributed by atoms with Gasteiger partial charge in [0.1, 0.15) is 12.4 Å². The SMILES string of the molecule is C[C@@H]1CCC[C@@H](C)N1C(=O)COC(=O)CNS(=O)(=O)c1ccc(F)cc1. The van der Waals surface area contributed by atoms with E-state index in [1.165, 1.54) is 0 Å². The molecule has 1 aliphatic heterocycles. The molecule has 1 amide bonds. The number of piperidine rings is 1. The van der Waals surface area contributed by atoms with Crippen LogP contribution in [0.5, 0.6) is 0 Å². The molecule has 1 N–H and O–H groups in total. The smallest absolute Gasteiger partial charge is 0.321 e. The summed E-state index contributed by atoms with van der Waals surface area (Å²) < 4.78 is 43.8. The van der Waals surface area contributed by atoms with E-state index in [9.17, 15) is 22.4 Å². The van der Waals surface area contributed by atoms with Gasteiger partial charge in [-0.15, -0.1) is 0 Å². The fourth-order valence-corrected chi connectivity index (χ4v) is 4.00. The molecular weight excluding hydrogens is 363 g/mol. The molecule has 0 aromatic heterocycles. The van der Waals surface area contributed by atoms with Gasteiger partial charge in [-0.25, -0.2) is 12.8 Å². The fraction of sp³-hybridized carbons (Fsp3) is 0.529. The minimum Gasteiger partial charge on any atom is -0.455 e. The molecule has 1 heterocycles. The second-order valence-corrected chi connectivity index (χ2v) is 8.14. The zero-order chi connectivity index (χ0) is 19.3. The first-order valence-electron chi connectivity index (χ1n) is 8.42. The van der Waals surface area contributed by atoms with E-state index in [1.54, 1.807) is 4.90 Å². The molecule has 0 aliphatic carbocycles. The molecule has 1 aliphatic rings. The summed E-state index contributed by atoms with van der Waals surface area (Å²) in [6.07, 6.45) is 2.86. The molecule has 1 aromatic carbocycles. The minimum atomic E-state index is -3.96. The summed E-state index contributed by atoms with van der Waals surface area (Å²) in [7, 11) is -3.96. The Balaban J connectivity index is 1.83. The van der Waals surface area contributed by atoms with Crippen LogP contribution in [0, 0.1) is 5.82 Å². The van der Waals surface area contributed by atoms with Crippen LogP contribution in [-0.2, 0) is 24.3 Å². The highest BCUT2D eigenvalue weighted by Crippen LogP contribution is 2.22. The summed E-state index contributed by atoms with van der Waals surface area (Å²) in [5, 5.41) is 0. The van der Waals surface area contributed by atoms with E-state index in [0.29, 0.717) is 0 Å². The number of esters is 1. The maximum atomic E-state index is 12.8. The Morgan fingerprint density at radius 2 is 1.77 bits per heavy atom. The number of sulfonamides is 1. The van der Waals surface area contributed by atoms with E-state index in [2.05, 4.69) is 4.72 Å². The number of nitrogens with zero attached hydrogens (tertiary/aromatic N) is 1. The van der Waals surface area contributed by atoms with Gasteiger partial charge in [0.25, 0.3) is 5.91 Å². The van der Waals surface area contributed by atoms with Crippen LogP contribution in [-0.4, -0.2) is 50.4 Å². The molecule has 0 spiro atoms. The standard InChI is InChI=1S/C17H23FN2O5S/c1-12-4-3-5-13(2)20(12)16(21)11-25-17(22)10-19-26(23,24)15-8-6-14(18)7-9-15/h6-9,12-13,19H,3-5,10-11H2,1-2H3/t12-,13-/m1/s1. The third-order valence-corrected chi connectivity index (χ3v) is 5.79. The number of carbonyl (C=O) groups is 2. The molecule has 1 saturated heterocycles. The molecule has 2 atom stereocenters. The largest absolute Gasteiger partial charge is 0.455 e. The first-order chi connectivity index (χ1) is 12.2. The summed E-state index contributed by atoms with van der Waals surface area (Å²) in [6.45, 7) is 2.86. The number of amides is 1. The molecule has 7 nitrogen and oxygen atoms in total. The van der Waals surface area contributed by atoms with E-state index in [0.717, 1.165) is 43.5 Å². The predicted octanol–water partition coefficient (Wildman–Crippen LogP) is 1.44. The van der Waals surface area contributed by atoms with Crippen LogP contribution in [0.2, 0.25) is 0 Å². The average molecular weight is 386 g/mol. The average Bonchev–Trinajstić information content (AvgIpc) is 2.58. The molecule has 144 valence electrons. The number of hydrogen-bond acceptors (Lipinski definition) is 5. The first kappa shape index (κ1) is 20.3. The summed E-state index contributed by atoms with van der Waals surface area (Å²) in [6, 6.07) is 4.36. The van der Waals surface area contributed by atoms with E-state index in [4.69, 9.17) is 4.74 Å². The maximum absolute atomic E-state index is 12.8. The van der Waals surface area contributed by atoms with Gasteiger partial charge in [-0.05, 0) is 57.4 Å². The lowest BCUT2D eigenvalue weighted by Crippen LogP contribution is -2.49. The molecule has 0 saturated carbocycles. The Kier molecular flexibility index (Phi) is 6.71. The van der Waals surface area contributed by atoms with Gasteiger partial charge < -0.3 is 9.64 Å². The van der Waals surface area contributed by atoms with Gasteiger partial charge in [-0.1, -0.05) is 0 Å². The van der Waals surface area contributed by atoms with Crippen LogP contribution < -0.4 is 4.72 Å². The lowest BCUT2D eigenvalue weighted by atomic mass is 9.97. The van der Waals surface area contributed by atoms with E-state index in [-0.39, 0.29) is 22.9 Å². The van der Waals surface area contributed by atoms with E-state index < -0.39 is 35.0 Å². The normalized spacial score (nSPS) is 20.7. The van der Waals surface area contributed by atoms with Gasteiger partial charge in [-0.2, -0.15) is 4.72 Å². The van der Waals surface area contributed by atoms with Gasteiger partial charge in [0.15, 0.2) is 6.61 Å². The van der Waals surface area contributed by atoms with Crippen molar-refractivity contribution in [1.82, 2.24) is 9.62 Å². The first-order valence-corrected chi connectivity index (χ1v) is 9.91. The molecule has 9 heteroatoms. The highest BCUT2D eigenvalue weighted by Gasteiger charge is 2.29. The number of carbonyl (C=O) groups excluding carboxylic acids is 2. The Hall–Kier alpha value is -2.00. The van der Waals surface area contributed by atoms with E-state index in [1.807, 2.05) is 13.8 Å². The van der Waals surface area contributed by atoms with Crippen LogP contribution >= 0.6 is 0 Å². The van der Waals surface area contributed by atoms with Crippen molar-refractivity contribution < 1.29 is 27.1 Å². The Bertz CT molecular complexity index is 741. The van der Waals surface area contributed by atoms with Crippen LogP contribution in [0.4, 0.5) is 4.39 Å². The molecular formula is C17H23FN2O5S. The zero-order valence-electron chi connectivity index (χ0n) is 14.8. The van der Waals surface area contributed by atoms with Crippen LogP contribution in [0.15, 0.2) is 29.2 Å². The highest BCUT2D eigenvalue weighted by molar-refractivity contribution is 7.89. The van der Waals surface area contributed by atoms with Crippen molar-refractivity contribution in [2.24, 2.45) is 0 Å². The van der Waals surface area contributed by atoms with Crippen molar-refractivity contribution in [1.29, 1.82) is 0 Å².